The highest BCUT2D eigenvalue weighted by atomic mass is 19.4. The van der Waals surface area contributed by atoms with Crippen LogP contribution in [-0.4, -0.2) is 25.2 Å². The molecule has 1 heterocycles. The van der Waals surface area contributed by atoms with Crippen molar-refractivity contribution in [1.29, 1.82) is 5.26 Å². The monoisotopic (exact) mass is 273 g/mol. The molecule has 0 atom stereocenters. The number of nitrogens with zero attached hydrogens (tertiary/aromatic N) is 2. The smallest absolute Gasteiger partial charge is 0.385 e. The van der Waals surface area contributed by atoms with Crippen LogP contribution in [0.3, 0.4) is 0 Å². The summed E-state index contributed by atoms with van der Waals surface area (Å²) in [6.45, 7) is 1.02. The quantitative estimate of drug-likeness (QED) is 0.810. The maximum Gasteiger partial charge on any atom is 0.433 e. The summed E-state index contributed by atoms with van der Waals surface area (Å²) in [6, 6.07) is 3.73. The Labute approximate surface area is 109 Å². The Hall–Kier alpha value is -1.81. The van der Waals surface area contributed by atoms with Crippen LogP contribution in [0.25, 0.3) is 0 Å². The van der Waals surface area contributed by atoms with Gasteiger partial charge in [-0.05, 0) is 25.0 Å². The minimum Gasteiger partial charge on any atom is -0.385 e. The Bertz CT molecular complexity index is 455. The molecule has 104 valence electrons. The maximum atomic E-state index is 12.5. The number of anilines is 1. The zero-order chi connectivity index (χ0) is 14.3. The maximum absolute atomic E-state index is 12.5. The first-order chi connectivity index (χ1) is 8.99. The molecule has 0 bridgehead atoms. The molecule has 0 aliphatic rings. The van der Waals surface area contributed by atoms with E-state index in [4.69, 9.17) is 10.00 Å². The van der Waals surface area contributed by atoms with Crippen molar-refractivity contribution in [3.8, 4) is 6.07 Å². The minimum absolute atomic E-state index is 0.0326. The fraction of sp³-hybridized carbons (Fsp3) is 0.500. The van der Waals surface area contributed by atoms with Gasteiger partial charge >= 0.3 is 6.18 Å². The number of rotatable bonds is 6. The Morgan fingerprint density at radius 2 is 2.11 bits per heavy atom. The van der Waals surface area contributed by atoms with Crippen LogP contribution in [0.1, 0.15) is 24.1 Å². The molecule has 0 fully saturated rings. The molecule has 19 heavy (non-hydrogen) atoms. The van der Waals surface area contributed by atoms with Gasteiger partial charge in [-0.1, -0.05) is 0 Å². The molecule has 4 nitrogen and oxygen atoms in total. The van der Waals surface area contributed by atoms with Gasteiger partial charge in [0.05, 0.1) is 5.56 Å². The number of unbranched alkanes of at least 4 members (excludes halogenated alkanes) is 1. The third kappa shape index (κ3) is 4.75. The van der Waals surface area contributed by atoms with E-state index < -0.39 is 11.9 Å². The topological polar surface area (TPSA) is 57.9 Å². The first-order valence-electron chi connectivity index (χ1n) is 5.70. The lowest BCUT2D eigenvalue weighted by Gasteiger charge is -2.11. The van der Waals surface area contributed by atoms with Gasteiger partial charge in [0.25, 0.3) is 0 Å². The molecule has 0 unspecified atom stereocenters. The van der Waals surface area contributed by atoms with E-state index in [2.05, 4.69) is 10.3 Å². The van der Waals surface area contributed by atoms with E-state index in [1.54, 1.807) is 7.11 Å². The molecule has 0 radical (unpaired) electrons. The number of hydrogen-bond acceptors (Lipinski definition) is 4. The summed E-state index contributed by atoms with van der Waals surface area (Å²) in [5.41, 5.74) is -0.911. The van der Waals surface area contributed by atoms with Crippen molar-refractivity contribution >= 4 is 5.82 Å². The first-order valence-corrected chi connectivity index (χ1v) is 5.70. The number of halogens is 3. The van der Waals surface area contributed by atoms with Crippen LogP contribution in [0, 0.1) is 11.3 Å². The molecule has 0 saturated heterocycles. The van der Waals surface area contributed by atoms with E-state index >= 15 is 0 Å². The summed E-state index contributed by atoms with van der Waals surface area (Å²) in [5, 5.41) is 11.6. The number of methoxy groups -OCH3 is 1. The van der Waals surface area contributed by atoms with Gasteiger partial charge in [-0.25, -0.2) is 4.98 Å². The molecule has 1 aromatic rings. The Kier molecular flexibility index (Phi) is 5.57. The van der Waals surface area contributed by atoms with Crippen LogP contribution < -0.4 is 5.32 Å². The fourth-order valence-corrected chi connectivity index (χ4v) is 1.42. The largest absolute Gasteiger partial charge is 0.433 e. The SMILES string of the molecule is COCCCCNc1nc(C(F)(F)F)ccc1C#N. The molecular weight excluding hydrogens is 259 g/mol. The molecule has 1 aromatic heterocycles. The molecule has 0 amide bonds. The lowest BCUT2D eigenvalue weighted by atomic mass is 10.2. The minimum atomic E-state index is -4.51. The van der Waals surface area contributed by atoms with E-state index in [1.165, 1.54) is 0 Å². The lowest BCUT2D eigenvalue weighted by molar-refractivity contribution is -0.141. The highest BCUT2D eigenvalue weighted by Crippen LogP contribution is 2.29. The van der Waals surface area contributed by atoms with Gasteiger partial charge in [0.2, 0.25) is 0 Å². The Morgan fingerprint density at radius 1 is 1.37 bits per heavy atom. The van der Waals surface area contributed by atoms with Crippen molar-refractivity contribution in [2.45, 2.75) is 19.0 Å². The van der Waals surface area contributed by atoms with Crippen molar-refractivity contribution in [3.63, 3.8) is 0 Å². The van der Waals surface area contributed by atoms with Crippen molar-refractivity contribution in [2.75, 3.05) is 25.6 Å². The third-order valence-electron chi connectivity index (χ3n) is 2.37. The zero-order valence-electron chi connectivity index (χ0n) is 10.4. The second-order valence-corrected chi connectivity index (χ2v) is 3.83. The van der Waals surface area contributed by atoms with Crippen molar-refractivity contribution in [1.82, 2.24) is 4.98 Å². The molecule has 0 aliphatic heterocycles. The second kappa shape index (κ2) is 6.95. The van der Waals surface area contributed by atoms with E-state index in [9.17, 15) is 13.2 Å². The van der Waals surface area contributed by atoms with E-state index in [1.807, 2.05) is 6.07 Å². The van der Waals surface area contributed by atoms with Gasteiger partial charge in [-0.15, -0.1) is 0 Å². The molecule has 7 heteroatoms. The normalized spacial score (nSPS) is 11.1. The number of nitriles is 1. The molecule has 0 aromatic carbocycles. The summed E-state index contributed by atoms with van der Waals surface area (Å²) in [5.74, 6) is -0.0326. The summed E-state index contributed by atoms with van der Waals surface area (Å²) in [7, 11) is 1.58. The molecule has 1 rings (SSSR count). The average molecular weight is 273 g/mol. The van der Waals surface area contributed by atoms with Gasteiger partial charge in [-0.3, -0.25) is 0 Å². The second-order valence-electron chi connectivity index (χ2n) is 3.83. The molecule has 0 saturated carbocycles. The predicted molar refractivity (Wildman–Crippen MR) is 63.6 cm³/mol. The van der Waals surface area contributed by atoms with Crippen LogP contribution in [0.15, 0.2) is 12.1 Å². The molecule has 0 aliphatic carbocycles. The fourth-order valence-electron chi connectivity index (χ4n) is 1.42. The zero-order valence-corrected chi connectivity index (χ0v) is 10.4. The van der Waals surface area contributed by atoms with Crippen LogP contribution in [0.5, 0.6) is 0 Å². The number of aromatic nitrogens is 1. The number of nitrogens with one attached hydrogen (secondary N) is 1. The van der Waals surface area contributed by atoms with E-state index in [0.717, 1.165) is 25.0 Å². The summed E-state index contributed by atoms with van der Waals surface area (Å²) in [4.78, 5) is 3.44. The highest BCUT2D eigenvalue weighted by molar-refractivity contribution is 5.52. The van der Waals surface area contributed by atoms with Crippen LogP contribution in [-0.2, 0) is 10.9 Å². The van der Waals surface area contributed by atoms with Gasteiger partial charge in [0, 0.05) is 20.3 Å². The van der Waals surface area contributed by atoms with Crippen molar-refractivity contribution < 1.29 is 17.9 Å². The number of ether oxygens (including phenoxy) is 1. The predicted octanol–water partition coefficient (Wildman–Crippen LogP) is 2.81. The summed E-state index contributed by atoms with van der Waals surface area (Å²) >= 11 is 0. The molecule has 0 spiro atoms. The van der Waals surface area contributed by atoms with Gasteiger partial charge in [0.15, 0.2) is 0 Å². The van der Waals surface area contributed by atoms with E-state index in [0.29, 0.717) is 13.2 Å². The van der Waals surface area contributed by atoms with Gasteiger partial charge in [-0.2, -0.15) is 18.4 Å². The van der Waals surface area contributed by atoms with Crippen molar-refractivity contribution in [2.24, 2.45) is 0 Å². The van der Waals surface area contributed by atoms with Crippen LogP contribution >= 0.6 is 0 Å². The van der Waals surface area contributed by atoms with Crippen molar-refractivity contribution in [3.05, 3.63) is 23.4 Å². The standard InChI is InChI=1S/C12H14F3N3O/c1-19-7-3-2-6-17-11-9(8-16)4-5-10(18-11)12(13,14)15/h4-5H,2-3,6-7H2,1H3,(H,17,18). The lowest BCUT2D eigenvalue weighted by Crippen LogP contribution is -2.12. The first kappa shape index (κ1) is 15.2. The van der Waals surface area contributed by atoms with Crippen LogP contribution in [0.4, 0.5) is 19.0 Å². The molecule has 1 N–H and O–H groups in total. The highest BCUT2D eigenvalue weighted by Gasteiger charge is 2.33. The van der Waals surface area contributed by atoms with Gasteiger partial charge in [0.1, 0.15) is 17.6 Å². The Morgan fingerprint density at radius 3 is 2.68 bits per heavy atom. The van der Waals surface area contributed by atoms with Gasteiger partial charge < -0.3 is 10.1 Å². The third-order valence-corrected chi connectivity index (χ3v) is 2.37. The number of hydrogen-bond donors (Lipinski definition) is 1. The number of alkyl halides is 3. The Balaban J connectivity index is 2.72. The van der Waals surface area contributed by atoms with Crippen LogP contribution in [0.2, 0.25) is 0 Å². The number of pyridine rings is 1. The summed E-state index contributed by atoms with van der Waals surface area (Å²) < 4.78 is 42.4. The summed E-state index contributed by atoms with van der Waals surface area (Å²) in [6.07, 6.45) is -3.01. The van der Waals surface area contributed by atoms with E-state index in [-0.39, 0.29) is 11.4 Å². The average Bonchev–Trinajstić information content (AvgIpc) is 2.37. The molecular formula is C12H14F3N3O.